The van der Waals surface area contributed by atoms with Gasteiger partial charge in [0.25, 0.3) is 5.56 Å². The van der Waals surface area contributed by atoms with Crippen molar-refractivity contribution in [3.05, 3.63) is 45.7 Å². The Balaban J connectivity index is 1.50. The molecule has 2 fully saturated rings. The average molecular weight is 458 g/mol. The van der Waals surface area contributed by atoms with Crippen LogP contribution in [0.1, 0.15) is 62.1 Å². The smallest absolute Gasteiger partial charge is 0.270 e. The van der Waals surface area contributed by atoms with Crippen molar-refractivity contribution in [3.63, 3.8) is 0 Å². The summed E-state index contributed by atoms with van der Waals surface area (Å²) in [6, 6.07) is 8.40. The number of aromatic amines is 1. The second-order valence-electron chi connectivity index (χ2n) is 9.41. The van der Waals surface area contributed by atoms with Gasteiger partial charge in [0.2, 0.25) is 0 Å². The van der Waals surface area contributed by atoms with E-state index < -0.39 is 0 Å². The number of hydrogen-bond acceptors (Lipinski definition) is 7. The van der Waals surface area contributed by atoms with Crippen LogP contribution < -0.4 is 21.1 Å². The number of aliphatic imine (C=N–C) groups is 1. The lowest BCUT2D eigenvalue weighted by Crippen LogP contribution is -2.35. The molecule has 0 spiro atoms. The molecule has 32 heavy (non-hydrogen) atoms. The zero-order valence-corrected chi connectivity index (χ0v) is 19.8. The van der Waals surface area contributed by atoms with Crippen LogP contribution in [0.25, 0.3) is 0 Å². The highest BCUT2D eigenvalue weighted by Gasteiger charge is 2.42. The van der Waals surface area contributed by atoms with Gasteiger partial charge in [-0.05, 0) is 51.3 Å². The van der Waals surface area contributed by atoms with Crippen LogP contribution in [0.2, 0.25) is 0 Å². The van der Waals surface area contributed by atoms with Crippen molar-refractivity contribution in [2.75, 3.05) is 20.3 Å². The van der Waals surface area contributed by atoms with E-state index in [-0.39, 0.29) is 34.4 Å². The fraction of sp³-hybridized carbons (Fsp3) is 0.565. The second-order valence-corrected chi connectivity index (χ2v) is 10.7. The van der Waals surface area contributed by atoms with Crippen molar-refractivity contribution in [1.82, 2.24) is 20.6 Å². The summed E-state index contributed by atoms with van der Waals surface area (Å²) >= 11 is 1.69. The zero-order chi connectivity index (χ0) is 22.5. The highest BCUT2D eigenvalue weighted by atomic mass is 32.2. The van der Waals surface area contributed by atoms with Crippen molar-refractivity contribution in [2.45, 2.75) is 56.5 Å². The summed E-state index contributed by atoms with van der Waals surface area (Å²) in [5.41, 5.74) is 8.47. The maximum atomic E-state index is 13.2. The van der Waals surface area contributed by atoms with E-state index >= 15 is 0 Å². The number of aromatic nitrogens is 2. The van der Waals surface area contributed by atoms with Crippen LogP contribution in [-0.4, -0.2) is 40.7 Å². The summed E-state index contributed by atoms with van der Waals surface area (Å²) in [4.78, 5) is 18.1. The summed E-state index contributed by atoms with van der Waals surface area (Å²) in [5.74, 6) is 1.82. The Bertz CT molecular complexity index is 1070. The number of methoxy groups -OCH3 is 1. The molecule has 0 saturated carbocycles. The third-order valence-corrected chi connectivity index (χ3v) is 7.98. The van der Waals surface area contributed by atoms with E-state index in [9.17, 15) is 4.79 Å². The Morgan fingerprint density at radius 3 is 2.78 bits per heavy atom. The van der Waals surface area contributed by atoms with E-state index in [1.54, 1.807) is 18.9 Å². The molecule has 3 aliphatic rings. The summed E-state index contributed by atoms with van der Waals surface area (Å²) in [6.07, 6.45) is 1.71. The molecule has 8 nitrogen and oxygen atoms in total. The normalized spacial score (nSPS) is 29.4. The van der Waals surface area contributed by atoms with E-state index in [1.807, 2.05) is 23.7 Å². The average Bonchev–Trinajstić information content (AvgIpc) is 3.38. The van der Waals surface area contributed by atoms with Crippen LogP contribution in [0.5, 0.6) is 5.75 Å². The SMILES string of the molecule is COc1ccc(C2NNCC2C2SC(C)=Nc3c2c(=O)[nH]n3C2CCOC(C)(C)C2)cc1. The number of fused-ring (bicyclic) bond motifs is 1. The van der Waals surface area contributed by atoms with E-state index in [0.717, 1.165) is 41.6 Å². The van der Waals surface area contributed by atoms with Crippen LogP contribution in [0.15, 0.2) is 34.1 Å². The fourth-order valence-electron chi connectivity index (χ4n) is 5.16. The molecule has 9 heteroatoms. The van der Waals surface area contributed by atoms with Gasteiger partial charge in [0.15, 0.2) is 5.82 Å². The summed E-state index contributed by atoms with van der Waals surface area (Å²) in [5, 5.41) is 4.13. The van der Waals surface area contributed by atoms with Gasteiger partial charge in [0.05, 0.1) is 40.7 Å². The fourth-order valence-corrected chi connectivity index (χ4v) is 6.43. The Kier molecular flexibility index (Phi) is 5.69. The number of nitrogens with one attached hydrogen (secondary N) is 3. The van der Waals surface area contributed by atoms with Gasteiger partial charge in [-0.25, -0.2) is 10.4 Å². The largest absolute Gasteiger partial charge is 0.497 e. The highest BCUT2D eigenvalue weighted by molar-refractivity contribution is 8.14. The van der Waals surface area contributed by atoms with Crippen LogP contribution in [0.4, 0.5) is 5.82 Å². The van der Waals surface area contributed by atoms with E-state index in [4.69, 9.17) is 14.5 Å². The topological polar surface area (TPSA) is 92.7 Å². The molecule has 3 aliphatic heterocycles. The maximum Gasteiger partial charge on any atom is 0.270 e. The first kappa shape index (κ1) is 21.8. The number of thioether (sulfide) groups is 1. The van der Waals surface area contributed by atoms with Crippen molar-refractivity contribution in [1.29, 1.82) is 0 Å². The molecule has 2 saturated heterocycles. The highest BCUT2D eigenvalue weighted by Crippen LogP contribution is 2.49. The molecular weight excluding hydrogens is 426 g/mol. The molecular formula is C23H31N5O3S. The Morgan fingerprint density at radius 1 is 1.28 bits per heavy atom. The van der Waals surface area contributed by atoms with Crippen molar-refractivity contribution >= 4 is 22.6 Å². The Labute approximate surface area is 192 Å². The molecule has 0 aliphatic carbocycles. The summed E-state index contributed by atoms with van der Waals surface area (Å²) in [7, 11) is 1.67. The second kappa shape index (κ2) is 8.37. The molecule has 5 rings (SSSR count). The molecule has 0 bridgehead atoms. The molecule has 0 amide bonds. The Hall–Kier alpha value is -2.07. The van der Waals surface area contributed by atoms with Crippen molar-refractivity contribution in [3.8, 4) is 5.75 Å². The van der Waals surface area contributed by atoms with Crippen molar-refractivity contribution < 1.29 is 9.47 Å². The molecule has 4 unspecified atom stereocenters. The number of ether oxygens (including phenoxy) is 2. The first-order valence-corrected chi connectivity index (χ1v) is 12.1. The minimum absolute atomic E-state index is 0.00922. The third kappa shape index (κ3) is 3.91. The lowest BCUT2D eigenvalue weighted by molar-refractivity contribution is -0.0705. The molecule has 4 heterocycles. The number of hydrogen-bond donors (Lipinski definition) is 3. The standard InChI is InChI=1S/C23H31N5O3S/c1-13-25-21-18(22(29)27-28(21)15-9-10-31-23(2,3)11-15)20(32-13)17-12-24-26-19(17)14-5-7-16(30-4)8-6-14/h5-8,15,17,19-20,24,26H,9-12H2,1-4H3,(H,27,29). The predicted molar refractivity (Wildman–Crippen MR) is 127 cm³/mol. The van der Waals surface area contributed by atoms with Gasteiger partial charge >= 0.3 is 0 Å². The van der Waals surface area contributed by atoms with E-state index in [2.05, 4.69) is 41.9 Å². The predicted octanol–water partition coefficient (Wildman–Crippen LogP) is 3.62. The van der Waals surface area contributed by atoms with Gasteiger partial charge in [-0.2, -0.15) is 0 Å². The molecule has 3 N–H and O–H groups in total. The minimum Gasteiger partial charge on any atom is -0.497 e. The Morgan fingerprint density at radius 2 is 2.06 bits per heavy atom. The molecule has 1 aromatic heterocycles. The first-order chi connectivity index (χ1) is 15.4. The van der Waals surface area contributed by atoms with Gasteiger partial charge in [-0.3, -0.25) is 20.0 Å². The number of H-pyrrole nitrogens is 1. The van der Waals surface area contributed by atoms with Crippen LogP contribution in [0.3, 0.4) is 0 Å². The molecule has 0 radical (unpaired) electrons. The monoisotopic (exact) mass is 457 g/mol. The lowest BCUT2D eigenvalue weighted by Gasteiger charge is -2.36. The van der Waals surface area contributed by atoms with Crippen LogP contribution in [-0.2, 0) is 4.74 Å². The number of hydrazine groups is 1. The number of nitrogens with zero attached hydrogens (tertiary/aromatic N) is 2. The first-order valence-electron chi connectivity index (χ1n) is 11.2. The molecule has 2 aromatic rings. The van der Waals surface area contributed by atoms with E-state index in [1.165, 1.54) is 5.56 Å². The zero-order valence-electron chi connectivity index (χ0n) is 19.0. The summed E-state index contributed by atoms with van der Waals surface area (Å²) in [6.45, 7) is 7.71. The summed E-state index contributed by atoms with van der Waals surface area (Å²) < 4.78 is 13.2. The van der Waals surface area contributed by atoms with Crippen molar-refractivity contribution in [2.24, 2.45) is 10.9 Å². The number of benzene rings is 1. The molecule has 1 aromatic carbocycles. The van der Waals surface area contributed by atoms with Crippen LogP contribution >= 0.6 is 11.8 Å². The van der Waals surface area contributed by atoms with E-state index in [0.29, 0.717) is 6.61 Å². The quantitative estimate of drug-likeness (QED) is 0.650. The maximum absolute atomic E-state index is 13.2. The van der Waals surface area contributed by atoms with Crippen LogP contribution in [0, 0.1) is 5.92 Å². The van der Waals surface area contributed by atoms with Gasteiger partial charge in [-0.1, -0.05) is 12.1 Å². The lowest BCUT2D eigenvalue weighted by atomic mass is 9.89. The van der Waals surface area contributed by atoms with Gasteiger partial charge in [-0.15, -0.1) is 11.8 Å². The van der Waals surface area contributed by atoms with Gasteiger partial charge in [0.1, 0.15) is 5.75 Å². The minimum atomic E-state index is -0.211. The number of rotatable bonds is 4. The van der Waals surface area contributed by atoms with Gasteiger partial charge < -0.3 is 9.47 Å². The third-order valence-electron chi connectivity index (χ3n) is 6.70. The molecule has 4 atom stereocenters. The molecule has 172 valence electrons. The van der Waals surface area contributed by atoms with Gasteiger partial charge in [0, 0.05) is 19.1 Å².